The Labute approximate surface area is 109 Å². The molecule has 1 aromatic carbocycles. The van der Waals surface area contributed by atoms with E-state index in [1.54, 1.807) is 13.8 Å². The predicted molar refractivity (Wildman–Crippen MR) is 64.0 cm³/mol. The van der Waals surface area contributed by atoms with Gasteiger partial charge in [-0.25, -0.2) is 9.18 Å². The maximum absolute atomic E-state index is 13.6. The van der Waals surface area contributed by atoms with E-state index in [0.29, 0.717) is 0 Å². The number of hydrogen-bond acceptors (Lipinski definition) is 3. The van der Waals surface area contributed by atoms with Gasteiger partial charge in [0.25, 0.3) is 5.91 Å². The SMILES string of the molecule is CC1(C)COC(C(=O)O)N1C(=O)c1ccccc1F. The van der Waals surface area contributed by atoms with Crippen LogP contribution in [-0.2, 0) is 9.53 Å². The molecule has 0 radical (unpaired) electrons. The quantitative estimate of drug-likeness (QED) is 0.881. The van der Waals surface area contributed by atoms with Crippen molar-refractivity contribution in [1.29, 1.82) is 0 Å². The molecule has 19 heavy (non-hydrogen) atoms. The Morgan fingerprint density at radius 2 is 2.05 bits per heavy atom. The fourth-order valence-corrected chi connectivity index (χ4v) is 2.07. The first-order valence-corrected chi connectivity index (χ1v) is 5.77. The van der Waals surface area contributed by atoms with Gasteiger partial charge in [0, 0.05) is 0 Å². The van der Waals surface area contributed by atoms with Gasteiger partial charge >= 0.3 is 5.97 Å². The minimum Gasteiger partial charge on any atom is -0.478 e. The number of amides is 1. The summed E-state index contributed by atoms with van der Waals surface area (Å²) in [6.45, 7) is 3.44. The molecule has 1 unspecified atom stereocenters. The lowest BCUT2D eigenvalue weighted by Crippen LogP contribution is -2.50. The molecule has 0 saturated carbocycles. The second-order valence-electron chi connectivity index (χ2n) is 4.97. The summed E-state index contributed by atoms with van der Waals surface area (Å²) in [5, 5.41) is 9.07. The van der Waals surface area contributed by atoms with Crippen molar-refractivity contribution in [3.8, 4) is 0 Å². The van der Waals surface area contributed by atoms with E-state index < -0.39 is 29.5 Å². The molecule has 1 N–H and O–H groups in total. The predicted octanol–water partition coefficient (Wildman–Crippen LogP) is 1.49. The summed E-state index contributed by atoms with van der Waals surface area (Å²) in [4.78, 5) is 24.5. The van der Waals surface area contributed by atoms with Gasteiger partial charge < -0.3 is 9.84 Å². The van der Waals surface area contributed by atoms with Gasteiger partial charge in [-0.1, -0.05) is 12.1 Å². The normalized spacial score (nSPS) is 21.4. The zero-order chi connectivity index (χ0) is 14.2. The maximum atomic E-state index is 13.6. The summed E-state index contributed by atoms with van der Waals surface area (Å²) < 4.78 is 18.7. The smallest absolute Gasteiger partial charge is 0.354 e. The minimum absolute atomic E-state index is 0.0875. The van der Waals surface area contributed by atoms with Crippen LogP contribution in [0.2, 0.25) is 0 Å². The van der Waals surface area contributed by atoms with Gasteiger partial charge in [-0.3, -0.25) is 9.69 Å². The van der Waals surface area contributed by atoms with Crippen LogP contribution in [0, 0.1) is 5.82 Å². The van der Waals surface area contributed by atoms with Crippen LogP contribution in [0.3, 0.4) is 0 Å². The van der Waals surface area contributed by atoms with Crippen LogP contribution in [0.5, 0.6) is 0 Å². The molecule has 1 aromatic rings. The summed E-state index contributed by atoms with van der Waals surface area (Å²) in [5.74, 6) is -2.64. The van der Waals surface area contributed by atoms with Crippen LogP contribution in [0.15, 0.2) is 24.3 Å². The molecule has 1 amide bonds. The third-order valence-electron chi connectivity index (χ3n) is 3.02. The average Bonchev–Trinajstić information content (AvgIpc) is 2.65. The Morgan fingerprint density at radius 1 is 1.42 bits per heavy atom. The van der Waals surface area contributed by atoms with E-state index in [9.17, 15) is 14.0 Å². The van der Waals surface area contributed by atoms with Crippen LogP contribution < -0.4 is 0 Å². The molecule has 2 rings (SSSR count). The number of carbonyl (C=O) groups is 2. The largest absolute Gasteiger partial charge is 0.478 e. The fourth-order valence-electron chi connectivity index (χ4n) is 2.07. The number of carbonyl (C=O) groups excluding carboxylic acids is 1. The van der Waals surface area contributed by atoms with Crippen LogP contribution in [0.1, 0.15) is 24.2 Å². The highest BCUT2D eigenvalue weighted by Crippen LogP contribution is 2.29. The van der Waals surface area contributed by atoms with Crippen molar-refractivity contribution in [3.05, 3.63) is 35.6 Å². The molecule has 1 atom stereocenters. The van der Waals surface area contributed by atoms with E-state index in [1.165, 1.54) is 18.2 Å². The number of aliphatic carboxylic acids is 1. The second kappa shape index (κ2) is 4.62. The molecular formula is C13H14FNO4. The number of carboxylic acids is 1. The molecule has 0 spiro atoms. The van der Waals surface area contributed by atoms with Crippen molar-refractivity contribution in [2.45, 2.75) is 25.6 Å². The van der Waals surface area contributed by atoms with Gasteiger partial charge in [0.05, 0.1) is 17.7 Å². The van der Waals surface area contributed by atoms with E-state index in [1.807, 2.05) is 0 Å². The van der Waals surface area contributed by atoms with Crippen molar-refractivity contribution in [3.63, 3.8) is 0 Å². The highest BCUT2D eigenvalue weighted by Gasteiger charge is 2.47. The number of carboxylic acid groups (broad SMARTS) is 1. The molecule has 1 heterocycles. The van der Waals surface area contributed by atoms with Crippen LogP contribution in [-0.4, -0.2) is 40.3 Å². The Balaban J connectivity index is 2.40. The number of halogens is 1. The summed E-state index contributed by atoms with van der Waals surface area (Å²) in [5.41, 5.74) is -0.963. The standard InChI is InChI=1S/C13H14FNO4/c1-13(2)7-19-11(12(17)18)15(13)10(16)8-5-3-4-6-9(8)14/h3-6,11H,7H2,1-2H3,(H,17,18). The molecule has 0 bridgehead atoms. The Morgan fingerprint density at radius 3 is 2.63 bits per heavy atom. The molecule has 1 aliphatic heterocycles. The lowest BCUT2D eigenvalue weighted by molar-refractivity contribution is -0.153. The van der Waals surface area contributed by atoms with E-state index in [2.05, 4.69) is 0 Å². The van der Waals surface area contributed by atoms with Crippen molar-refractivity contribution in [2.75, 3.05) is 6.61 Å². The highest BCUT2D eigenvalue weighted by molar-refractivity contribution is 5.97. The molecule has 0 aromatic heterocycles. The van der Waals surface area contributed by atoms with Crippen LogP contribution in [0.4, 0.5) is 4.39 Å². The number of benzene rings is 1. The monoisotopic (exact) mass is 267 g/mol. The Bertz CT molecular complexity index is 529. The average molecular weight is 267 g/mol. The van der Waals surface area contributed by atoms with Crippen molar-refractivity contribution in [1.82, 2.24) is 4.90 Å². The third kappa shape index (κ3) is 2.31. The highest BCUT2D eigenvalue weighted by atomic mass is 19.1. The minimum atomic E-state index is -1.39. The van der Waals surface area contributed by atoms with E-state index in [0.717, 1.165) is 11.0 Å². The molecule has 102 valence electrons. The zero-order valence-electron chi connectivity index (χ0n) is 10.6. The maximum Gasteiger partial charge on any atom is 0.354 e. The number of rotatable bonds is 2. The number of hydrogen-bond donors (Lipinski definition) is 1. The first-order chi connectivity index (χ1) is 8.84. The van der Waals surface area contributed by atoms with E-state index in [-0.39, 0.29) is 12.2 Å². The molecule has 5 nitrogen and oxygen atoms in total. The first-order valence-electron chi connectivity index (χ1n) is 5.77. The third-order valence-corrected chi connectivity index (χ3v) is 3.02. The van der Waals surface area contributed by atoms with Gasteiger partial charge in [-0.05, 0) is 26.0 Å². The number of ether oxygens (including phenoxy) is 1. The van der Waals surface area contributed by atoms with Gasteiger partial charge in [0.2, 0.25) is 6.23 Å². The Hall–Kier alpha value is -1.95. The molecular weight excluding hydrogens is 253 g/mol. The summed E-state index contributed by atoms with van der Waals surface area (Å²) >= 11 is 0. The van der Waals surface area contributed by atoms with Crippen molar-refractivity contribution in [2.24, 2.45) is 0 Å². The van der Waals surface area contributed by atoms with Crippen molar-refractivity contribution < 1.29 is 23.8 Å². The lowest BCUT2D eigenvalue weighted by Gasteiger charge is -2.31. The molecule has 1 saturated heterocycles. The van der Waals surface area contributed by atoms with Gasteiger partial charge in [-0.15, -0.1) is 0 Å². The second-order valence-corrected chi connectivity index (χ2v) is 4.97. The topological polar surface area (TPSA) is 66.8 Å². The van der Waals surface area contributed by atoms with Crippen molar-refractivity contribution >= 4 is 11.9 Å². The summed E-state index contributed by atoms with van der Waals surface area (Å²) in [6, 6.07) is 5.47. The fraction of sp³-hybridized carbons (Fsp3) is 0.385. The van der Waals surface area contributed by atoms with E-state index >= 15 is 0 Å². The number of nitrogens with zero attached hydrogens (tertiary/aromatic N) is 1. The van der Waals surface area contributed by atoms with Gasteiger partial charge in [0.15, 0.2) is 0 Å². The van der Waals surface area contributed by atoms with Gasteiger partial charge in [0.1, 0.15) is 5.82 Å². The Kier molecular flexibility index (Phi) is 3.28. The van der Waals surface area contributed by atoms with Gasteiger partial charge in [-0.2, -0.15) is 0 Å². The molecule has 6 heteroatoms. The summed E-state index contributed by atoms with van der Waals surface area (Å²) in [7, 11) is 0. The molecule has 1 fully saturated rings. The summed E-state index contributed by atoms with van der Waals surface area (Å²) in [6.07, 6.45) is -1.39. The van der Waals surface area contributed by atoms with Crippen LogP contribution >= 0.6 is 0 Å². The molecule has 0 aliphatic carbocycles. The molecule has 1 aliphatic rings. The van der Waals surface area contributed by atoms with Crippen LogP contribution in [0.25, 0.3) is 0 Å². The lowest BCUT2D eigenvalue weighted by atomic mass is 10.0. The first kappa shape index (κ1) is 13.5. The van der Waals surface area contributed by atoms with E-state index in [4.69, 9.17) is 9.84 Å². The zero-order valence-corrected chi connectivity index (χ0v) is 10.6.